The smallest absolute Gasteiger partial charge is 0.00106 e. The molecular formula is C13H23N. The summed E-state index contributed by atoms with van der Waals surface area (Å²) in [5.41, 5.74) is 0. The molecule has 80 valence electrons. The molecule has 0 atom stereocenters. The van der Waals surface area contributed by atoms with Gasteiger partial charge in [-0.1, -0.05) is 25.7 Å². The van der Waals surface area contributed by atoms with Crippen molar-refractivity contribution in [2.75, 3.05) is 19.6 Å². The number of piperidine rings is 1. The van der Waals surface area contributed by atoms with Crippen LogP contribution in [0.1, 0.15) is 44.9 Å². The number of hydrogen-bond donors (Lipinski definition) is 0. The molecule has 2 aliphatic carbocycles. The molecule has 4 aliphatic rings. The van der Waals surface area contributed by atoms with Crippen molar-refractivity contribution in [1.82, 2.24) is 4.90 Å². The van der Waals surface area contributed by atoms with E-state index in [-0.39, 0.29) is 0 Å². The Morgan fingerprint density at radius 3 is 1.36 bits per heavy atom. The highest BCUT2D eigenvalue weighted by molar-refractivity contribution is 4.83. The Morgan fingerprint density at radius 1 is 0.643 bits per heavy atom. The first kappa shape index (κ1) is 9.21. The Morgan fingerprint density at radius 2 is 1.21 bits per heavy atom. The topological polar surface area (TPSA) is 3.24 Å². The van der Waals surface area contributed by atoms with Crippen LogP contribution in [-0.2, 0) is 0 Å². The first-order valence-corrected chi connectivity index (χ1v) is 6.62. The maximum Gasteiger partial charge on any atom is 0.00106 e. The van der Waals surface area contributed by atoms with Gasteiger partial charge in [0.2, 0.25) is 0 Å². The molecule has 0 aromatic rings. The predicted molar refractivity (Wildman–Crippen MR) is 59.2 cm³/mol. The van der Waals surface area contributed by atoms with E-state index >= 15 is 0 Å². The zero-order chi connectivity index (χ0) is 9.38. The molecule has 4 fully saturated rings. The SMILES string of the molecule is C1CC2CCC1C2.C1CN2CCC1C2. The fourth-order valence-electron chi connectivity index (χ4n) is 3.89. The molecule has 0 N–H and O–H groups in total. The highest BCUT2D eigenvalue weighted by Gasteiger charge is 2.30. The lowest BCUT2D eigenvalue weighted by molar-refractivity contribution is 0.368. The van der Waals surface area contributed by atoms with Gasteiger partial charge in [-0.2, -0.15) is 0 Å². The van der Waals surface area contributed by atoms with E-state index in [1.807, 2.05) is 0 Å². The maximum absolute atomic E-state index is 2.56. The van der Waals surface area contributed by atoms with Crippen LogP contribution in [0.4, 0.5) is 0 Å². The first-order chi connectivity index (χ1) is 6.90. The summed E-state index contributed by atoms with van der Waals surface area (Å²) in [5, 5.41) is 0. The average Bonchev–Trinajstić information content (AvgIpc) is 3.01. The third kappa shape index (κ3) is 1.84. The Hall–Kier alpha value is -0.0400. The van der Waals surface area contributed by atoms with Gasteiger partial charge in [0.15, 0.2) is 0 Å². The Balaban J connectivity index is 0.0000000914. The van der Waals surface area contributed by atoms with Gasteiger partial charge in [-0.05, 0) is 50.1 Å². The number of fused-ring (bicyclic) bond motifs is 4. The molecule has 14 heavy (non-hydrogen) atoms. The van der Waals surface area contributed by atoms with Crippen LogP contribution in [0.15, 0.2) is 0 Å². The predicted octanol–water partition coefficient (Wildman–Crippen LogP) is 2.91. The van der Waals surface area contributed by atoms with E-state index in [4.69, 9.17) is 0 Å². The molecule has 0 spiro atoms. The lowest BCUT2D eigenvalue weighted by atomic mass is 10.0. The van der Waals surface area contributed by atoms with E-state index in [9.17, 15) is 0 Å². The molecule has 0 aromatic heterocycles. The Labute approximate surface area is 87.9 Å². The van der Waals surface area contributed by atoms with Gasteiger partial charge < -0.3 is 4.90 Å². The van der Waals surface area contributed by atoms with Gasteiger partial charge in [0.25, 0.3) is 0 Å². The van der Waals surface area contributed by atoms with Gasteiger partial charge in [0.05, 0.1) is 0 Å². The minimum Gasteiger partial charge on any atom is -0.303 e. The highest BCUT2D eigenvalue weighted by atomic mass is 15.2. The molecule has 2 aliphatic heterocycles. The Kier molecular flexibility index (Phi) is 2.53. The van der Waals surface area contributed by atoms with E-state index < -0.39 is 0 Å². The maximum atomic E-state index is 2.56. The van der Waals surface area contributed by atoms with Crippen molar-refractivity contribution in [1.29, 1.82) is 0 Å². The van der Waals surface area contributed by atoms with E-state index in [1.165, 1.54) is 44.3 Å². The van der Waals surface area contributed by atoms with Crippen molar-refractivity contribution >= 4 is 0 Å². The van der Waals surface area contributed by atoms with E-state index in [0.29, 0.717) is 0 Å². The first-order valence-electron chi connectivity index (χ1n) is 6.62. The number of hydrogen-bond acceptors (Lipinski definition) is 1. The zero-order valence-electron chi connectivity index (χ0n) is 9.25. The van der Waals surface area contributed by atoms with Crippen LogP contribution in [0.3, 0.4) is 0 Å². The minimum absolute atomic E-state index is 1.10. The fourth-order valence-corrected chi connectivity index (χ4v) is 3.89. The van der Waals surface area contributed by atoms with Gasteiger partial charge in [-0.3, -0.25) is 0 Å². The molecule has 2 saturated carbocycles. The van der Waals surface area contributed by atoms with Crippen molar-refractivity contribution in [3.63, 3.8) is 0 Å². The second kappa shape index (κ2) is 3.84. The third-order valence-corrected chi connectivity index (χ3v) is 4.86. The van der Waals surface area contributed by atoms with Crippen LogP contribution in [-0.4, -0.2) is 24.5 Å². The van der Waals surface area contributed by atoms with Crippen LogP contribution in [0.25, 0.3) is 0 Å². The number of rotatable bonds is 0. The summed E-state index contributed by atoms with van der Waals surface area (Å²) >= 11 is 0. The van der Waals surface area contributed by atoms with Crippen molar-refractivity contribution in [3.05, 3.63) is 0 Å². The van der Waals surface area contributed by atoms with Crippen LogP contribution >= 0.6 is 0 Å². The molecule has 1 nitrogen and oxygen atoms in total. The van der Waals surface area contributed by atoms with Crippen LogP contribution in [0.2, 0.25) is 0 Å². The van der Waals surface area contributed by atoms with Gasteiger partial charge >= 0.3 is 0 Å². The van der Waals surface area contributed by atoms with Gasteiger partial charge in [0, 0.05) is 6.54 Å². The lowest BCUT2D eigenvalue weighted by Gasteiger charge is -2.09. The largest absolute Gasteiger partial charge is 0.303 e. The molecule has 0 aromatic carbocycles. The summed E-state index contributed by atoms with van der Waals surface area (Å²) in [7, 11) is 0. The van der Waals surface area contributed by atoms with Crippen LogP contribution in [0, 0.1) is 17.8 Å². The van der Waals surface area contributed by atoms with Gasteiger partial charge in [0.1, 0.15) is 0 Å². The summed E-state index contributed by atoms with van der Waals surface area (Å²) in [5.74, 6) is 3.44. The zero-order valence-corrected chi connectivity index (χ0v) is 9.25. The molecule has 2 saturated heterocycles. The standard InChI is InChI=1S/C7H12.C6H11N/c1-2-7-4-3-6(1)5-7;1-3-7-4-2-6(1)5-7/h6-7H,1-5H2;6H,1-5H2. The molecular weight excluding hydrogens is 170 g/mol. The molecule has 0 amide bonds. The van der Waals surface area contributed by atoms with Gasteiger partial charge in [-0.15, -0.1) is 0 Å². The monoisotopic (exact) mass is 193 g/mol. The van der Waals surface area contributed by atoms with Crippen molar-refractivity contribution in [2.45, 2.75) is 44.9 Å². The normalized spacial score (nSPS) is 48.0. The molecule has 4 rings (SSSR count). The summed E-state index contributed by atoms with van der Waals surface area (Å²) in [6, 6.07) is 0. The highest BCUT2D eigenvalue weighted by Crippen LogP contribution is 2.43. The summed E-state index contributed by atoms with van der Waals surface area (Å²) in [6.45, 7) is 4.20. The summed E-state index contributed by atoms with van der Waals surface area (Å²) in [4.78, 5) is 2.56. The second-order valence-corrected chi connectivity index (χ2v) is 5.87. The van der Waals surface area contributed by atoms with E-state index in [0.717, 1.165) is 5.92 Å². The van der Waals surface area contributed by atoms with Crippen molar-refractivity contribution < 1.29 is 0 Å². The van der Waals surface area contributed by atoms with Crippen molar-refractivity contribution in [3.8, 4) is 0 Å². The average molecular weight is 193 g/mol. The number of nitrogens with zero attached hydrogens (tertiary/aromatic N) is 1. The van der Waals surface area contributed by atoms with Gasteiger partial charge in [-0.25, -0.2) is 0 Å². The van der Waals surface area contributed by atoms with Crippen LogP contribution < -0.4 is 0 Å². The molecule has 1 heteroatoms. The molecule has 2 heterocycles. The summed E-state index contributed by atoms with van der Waals surface area (Å²) in [6.07, 6.45) is 10.8. The minimum atomic E-state index is 1.10. The molecule has 4 bridgehead atoms. The third-order valence-electron chi connectivity index (χ3n) is 4.86. The fraction of sp³-hybridized carbons (Fsp3) is 1.00. The van der Waals surface area contributed by atoms with Crippen molar-refractivity contribution in [2.24, 2.45) is 17.8 Å². The second-order valence-electron chi connectivity index (χ2n) is 5.87. The van der Waals surface area contributed by atoms with E-state index in [1.54, 1.807) is 32.1 Å². The molecule has 0 radical (unpaired) electrons. The van der Waals surface area contributed by atoms with E-state index in [2.05, 4.69) is 4.90 Å². The Bertz CT molecular complexity index is 143. The lowest BCUT2D eigenvalue weighted by Crippen LogP contribution is -2.15. The quantitative estimate of drug-likeness (QED) is 0.572. The summed E-state index contributed by atoms with van der Waals surface area (Å²) < 4.78 is 0. The molecule has 0 unspecified atom stereocenters. The van der Waals surface area contributed by atoms with Crippen LogP contribution in [0.5, 0.6) is 0 Å².